The molecule has 0 fully saturated rings. The molecule has 0 aliphatic heterocycles. The molecule has 2 aromatic rings. The van der Waals surface area contributed by atoms with E-state index >= 15 is 0 Å². The molecule has 1 radical (unpaired) electrons. The Morgan fingerprint density at radius 2 is 1.45 bits per heavy atom. The maximum absolute atomic E-state index is 6.04. The van der Waals surface area contributed by atoms with E-state index in [1.807, 2.05) is 24.3 Å². The third-order valence-corrected chi connectivity index (χ3v) is 3.60. The van der Waals surface area contributed by atoms with Gasteiger partial charge in [-0.1, -0.05) is 35.3 Å². The van der Waals surface area contributed by atoms with Crippen LogP contribution in [0.3, 0.4) is 0 Å². The average molecular weight is 309 g/mol. The molecule has 105 valence electrons. The van der Waals surface area contributed by atoms with Gasteiger partial charge in [0, 0.05) is 26.9 Å². The van der Waals surface area contributed by atoms with Crippen molar-refractivity contribution < 1.29 is 0 Å². The van der Waals surface area contributed by atoms with Gasteiger partial charge in [-0.05, 0) is 37.3 Å². The summed E-state index contributed by atoms with van der Waals surface area (Å²) in [7, 11) is 0. The van der Waals surface area contributed by atoms with Crippen molar-refractivity contribution >= 4 is 28.9 Å². The van der Waals surface area contributed by atoms with Gasteiger partial charge in [0.2, 0.25) is 0 Å². The van der Waals surface area contributed by atoms with E-state index in [0.29, 0.717) is 10.0 Å². The number of hydrogen-bond acceptors (Lipinski definition) is 2. The minimum absolute atomic E-state index is 0.677. The molecule has 0 amide bonds. The molecular weight excluding hydrogens is 291 g/mol. The van der Waals surface area contributed by atoms with E-state index in [1.54, 1.807) is 6.07 Å². The minimum atomic E-state index is 0.677. The van der Waals surface area contributed by atoms with Crippen molar-refractivity contribution in [3.8, 4) is 0 Å². The Hall–Kier alpha value is -1.22. The largest absolute Gasteiger partial charge is 0.399 e. The van der Waals surface area contributed by atoms with Crippen LogP contribution in [-0.4, -0.2) is 6.54 Å². The summed E-state index contributed by atoms with van der Waals surface area (Å²) in [5.74, 6) is 0. The lowest BCUT2D eigenvalue weighted by molar-refractivity contribution is 0.414. The lowest BCUT2D eigenvalue weighted by atomic mass is 10.1. The highest BCUT2D eigenvalue weighted by molar-refractivity contribution is 6.34. The predicted molar refractivity (Wildman–Crippen MR) is 87.4 cm³/mol. The fraction of sp³-hybridized carbons (Fsp3) is 0.250. The zero-order valence-corrected chi connectivity index (χ0v) is 13.0. The zero-order chi connectivity index (χ0) is 14.5. The van der Waals surface area contributed by atoms with Crippen LogP contribution in [0.2, 0.25) is 10.0 Å². The Kier molecular flexibility index (Phi) is 5.30. The Bertz CT molecular complexity index is 547. The van der Waals surface area contributed by atoms with E-state index in [2.05, 4.69) is 24.0 Å². The second-order valence-corrected chi connectivity index (χ2v) is 5.70. The first kappa shape index (κ1) is 15.2. The Balaban J connectivity index is 2.06. The van der Waals surface area contributed by atoms with Gasteiger partial charge in [-0.3, -0.25) is 0 Å². The minimum Gasteiger partial charge on any atom is -0.399 e. The number of nitrogens with zero attached hydrogens (tertiary/aromatic N) is 1. The topological polar surface area (TPSA) is 31.9 Å². The summed E-state index contributed by atoms with van der Waals surface area (Å²) in [6.07, 6.45) is 0. The van der Waals surface area contributed by atoms with E-state index in [0.717, 1.165) is 30.9 Å². The van der Waals surface area contributed by atoms with Crippen molar-refractivity contribution in [2.24, 2.45) is 0 Å². The first-order valence-electron chi connectivity index (χ1n) is 6.58. The molecule has 0 aromatic heterocycles. The second-order valence-electron chi connectivity index (χ2n) is 4.82. The fourth-order valence-electron chi connectivity index (χ4n) is 2.12. The number of nitrogen functional groups attached to an aromatic ring is 1. The third-order valence-electron chi connectivity index (χ3n) is 3.16. The van der Waals surface area contributed by atoms with E-state index < -0.39 is 0 Å². The highest BCUT2D eigenvalue weighted by Crippen LogP contribution is 2.20. The van der Waals surface area contributed by atoms with Crippen molar-refractivity contribution in [1.82, 2.24) is 4.90 Å². The molecule has 0 bridgehead atoms. The molecule has 0 saturated carbocycles. The summed E-state index contributed by atoms with van der Waals surface area (Å²) in [5, 5.41) is 1.35. The number of benzene rings is 2. The molecule has 0 unspecified atom stereocenters. The average Bonchev–Trinajstić information content (AvgIpc) is 2.39. The summed E-state index contributed by atoms with van der Waals surface area (Å²) in [5.41, 5.74) is 8.86. The van der Waals surface area contributed by atoms with E-state index in [1.165, 1.54) is 5.56 Å². The second kappa shape index (κ2) is 6.98. The molecule has 2 rings (SSSR count). The SMILES string of the molecule is CC[N+](Cc1ccc(N)cc1)Cc1cc(Cl)cc(Cl)c1. The van der Waals surface area contributed by atoms with Crippen molar-refractivity contribution in [3.63, 3.8) is 0 Å². The molecule has 2 N–H and O–H groups in total. The standard InChI is InChI=1S/C16H18Cl2N2/c1-2-20(10-12-3-5-16(19)6-4-12)11-13-7-14(17)9-15(18)8-13/h3-9H,2,10-11,19H2,1H3/q+1. The summed E-state index contributed by atoms with van der Waals surface area (Å²) in [4.78, 5) is 2.33. The molecule has 0 spiro atoms. The lowest BCUT2D eigenvalue weighted by Crippen LogP contribution is -2.28. The Morgan fingerprint density at radius 3 is 2.00 bits per heavy atom. The van der Waals surface area contributed by atoms with E-state index in [4.69, 9.17) is 28.9 Å². The summed E-state index contributed by atoms with van der Waals surface area (Å²) >= 11 is 12.1. The quantitative estimate of drug-likeness (QED) is 0.643. The summed E-state index contributed by atoms with van der Waals surface area (Å²) in [6.45, 7) is 4.79. The van der Waals surface area contributed by atoms with Crippen LogP contribution in [0.15, 0.2) is 42.5 Å². The van der Waals surface area contributed by atoms with Gasteiger partial charge in [-0.2, -0.15) is 4.90 Å². The Morgan fingerprint density at radius 1 is 0.900 bits per heavy atom. The van der Waals surface area contributed by atoms with Crippen molar-refractivity contribution in [2.45, 2.75) is 20.0 Å². The van der Waals surface area contributed by atoms with Crippen LogP contribution in [0, 0.1) is 0 Å². The van der Waals surface area contributed by atoms with Gasteiger partial charge < -0.3 is 5.73 Å². The molecule has 0 saturated heterocycles. The Labute approximate surface area is 130 Å². The van der Waals surface area contributed by atoms with E-state index in [9.17, 15) is 0 Å². The number of halogens is 2. The smallest absolute Gasteiger partial charge is 0.148 e. The van der Waals surface area contributed by atoms with Crippen LogP contribution in [0.5, 0.6) is 0 Å². The van der Waals surface area contributed by atoms with Crippen LogP contribution in [0.25, 0.3) is 0 Å². The van der Waals surface area contributed by atoms with Crippen LogP contribution in [0.1, 0.15) is 18.1 Å². The number of anilines is 1. The number of rotatable bonds is 5. The molecule has 2 nitrogen and oxygen atoms in total. The highest BCUT2D eigenvalue weighted by Gasteiger charge is 2.15. The van der Waals surface area contributed by atoms with E-state index in [-0.39, 0.29) is 0 Å². The molecule has 4 heteroatoms. The summed E-state index contributed by atoms with van der Waals surface area (Å²) < 4.78 is 0. The van der Waals surface area contributed by atoms with Crippen LogP contribution >= 0.6 is 23.2 Å². The molecule has 0 aliphatic carbocycles. The van der Waals surface area contributed by atoms with Gasteiger partial charge in [-0.25, -0.2) is 0 Å². The molecule has 20 heavy (non-hydrogen) atoms. The maximum Gasteiger partial charge on any atom is 0.148 e. The van der Waals surface area contributed by atoms with Gasteiger partial charge >= 0.3 is 0 Å². The van der Waals surface area contributed by atoms with Crippen molar-refractivity contribution in [3.05, 3.63) is 63.6 Å². The highest BCUT2D eigenvalue weighted by atomic mass is 35.5. The van der Waals surface area contributed by atoms with Gasteiger partial charge in [-0.15, -0.1) is 0 Å². The van der Waals surface area contributed by atoms with Gasteiger partial charge in [0.15, 0.2) is 0 Å². The molecule has 0 atom stereocenters. The summed E-state index contributed by atoms with van der Waals surface area (Å²) in [6, 6.07) is 13.6. The zero-order valence-electron chi connectivity index (χ0n) is 11.4. The normalized spacial score (nSPS) is 11.0. The molecule has 2 aromatic carbocycles. The number of hydrogen-bond donors (Lipinski definition) is 1. The lowest BCUT2D eigenvalue weighted by Gasteiger charge is -2.11. The third kappa shape index (κ3) is 4.41. The van der Waals surface area contributed by atoms with Gasteiger partial charge in [0.25, 0.3) is 0 Å². The monoisotopic (exact) mass is 308 g/mol. The van der Waals surface area contributed by atoms with Crippen molar-refractivity contribution in [2.75, 3.05) is 12.3 Å². The predicted octanol–water partition coefficient (Wildman–Crippen LogP) is 4.44. The molecule has 0 aliphatic rings. The number of nitrogens with two attached hydrogens (primary N) is 1. The maximum atomic E-state index is 6.04. The van der Waals surface area contributed by atoms with Crippen LogP contribution in [-0.2, 0) is 13.1 Å². The van der Waals surface area contributed by atoms with Gasteiger partial charge in [0.1, 0.15) is 19.6 Å². The van der Waals surface area contributed by atoms with Crippen LogP contribution < -0.4 is 10.6 Å². The van der Waals surface area contributed by atoms with Crippen molar-refractivity contribution in [1.29, 1.82) is 0 Å². The van der Waals surface area contributed by atoms with Gasteiger partial charge in [0.05, 0.1) is 0 Å². The molecular formula is C16H18Cl2N2+. The molecule has 0 heterocycles. The first-order chi connectivity index (χ1) is 9.56. The van der Waals surface area contributed by atoms with Crippen LogP contribution in [0.4, 0.5) is 5.69 Å². The first-order valence-corrected chi connectivity index (χ1v) is 7.34. The fourth-order valence-corrected chi connectivity index (χ4v) is 2.69.